The van der Waals surface area contributed by atoms with E-state index in [0.717, 1.165) is 24.7 Å². The molecule has 0 saturated heterocycles. The molecule has 6 atom stereocenters. The molecule has 2 aliphatic carbocycles. The van der Waals surface area contributed by atoms with E-state index in [9.17, 15) is 10.2 Å². The second-order valence-corrected chi connectivity index (χ2v) is 7.38. The summed E-state index contributed by atoms with van der Waals surface area (Å²) in [5.74, 6) is 2.69. The fourth-order valence-corrected chi connectivity index (χ4v) is 4.79. The van der Waals surface area contributed by atoms with E-state index < -0.39 is 0 Å². The largest absolute Gasteiger partial charge is 0.393 e. The summed E-state index contributed by atoms with van der Waals surface area (Å²) in [6.45, 7) is 4.45. The van der Waals surface area contributed by atoms with Crippen molar-refractivity contribution in [3.8, 4) is 0 Å². The molecule has 0 aliphatic heterocycles. The van der Waals surface area contributed by atoms with Crippen LogP contribution in [0.25, 0.3) is 0 Å². The first-order valence-electron chi connectivity index (χ1n) is 9.01. The van der Waals surface area contributed by atoms with Gasteiger partial charge in [0.1, 0.15) is 0 Å². The normalized spacial score (nSPS) is 42.6. The van der Waals surface area contributed by atoms with E-state index in [1.807, 2.05) is 0 Å². The van der Waals surface area contributed by atoms with Crippen molar-refractivity contribution in [2.45, 2.75) is 90.3 Å². The molecule has 20 heavy (non-hydrogen) atoms. The summed E-state index contributed by atoms with van der Waals surface area (Å²) >= 11 is 0. The van der Waals surface area contributed by atoms with Crippen molar-refractivity contribution in [3.63, 3.8) is 0 Å². The second kappa shape index (κ2) is 7.79. The van der Waals surface area contributed by atoms with Gasteiger partial charge in [-0.25, -0.2) is 0 Å². The molecule has 2 saturated carbocycles. The van der Waals surface area contributed by atoms with Gasteiger partial charge in [-0.1, -0.05) is 26.7 Å². The Labute approximate surface area is 125 Å². The maximum Gasteiger partial charge on any atom is 0.0568 e. The summed E-state index contributed by atoms with van der Waals surface area (Å²) in [4.78, 5) is 0. The van der Waals surface area contributed by atoms with Crippen molar-refractivity contribution in [3.05, 3.63) is 0 Å². The van der Waals surface area contributed by atoms with Gasteiger partial charge in [-0.05, 0) is 75.0 Å². The van der Waals surface area contributed by atoms with Crippen LogP contribution in [0.4, 0.5) is 0 Å². The maximum atomic E-state index is 10.2. The molecular formula is C18H34O2. The molecule has 2 rings (SSSR count). The first kappa shape index (κ1) is 16.3. The van der Waals surface area contributed by atoms with Crippen LogP contribution in [0, 0.1) is 23.7 Å². The lowest BCUT2D eigenvalue weighted by Gasteiger charge is -2.42. The van der Waals surface area contributed by atoms with Crippen LogP contribution in [0.1, 0.15) is 78.1 Å². The standard InChI is InChI=1S/C18H34O2/c1-3-5-15-11-13(7-9-17(15)19)14-8-10-18(20)16(12-14)6-4-2/h13-20H,3-12H2,1-2H3. The molecule has 0 spiro atoms. The molecule has 2 N–H and O–H groups in total. The van der Waals surface area contributed by atoms with Crippen LogP contribution < -0.4 is 0 Å². The van der Waals surface area contributed by atoms with Crippen molar-refractivity contribution in [1.29, 1.82) is 0 Å². The molecular weight excluding hydrogens is 248 g/mol. The van der Waals surface area contributed by atoms with E-state index in [2.05, 4.69) is 13.8 Å². The smallest absolute Gasteiger partial charge is 0.0568 e. The molecule has 0 aromatic carbocycles. The summed E-state index contributed by atoms with van der Waals surface area (Å²) < 4.78 is 0. The van der Waals surface area contributed by atoms with Crippen LogP contribution in [0.15, 0.2) is 0 Å². The molecule has 2 fully saturated rings. The van der Waals surface area contributed by atoms with Crippen LogP contribution in [-0.2, 0) is 0 Å². The molecule has 0 amide bonds. The summed E-state index contributed by atoms with van der Waals surface area (Å²) in [6.07, 6.45) is 11.5. The average molecular weight is 282 g/mol. The van der Waals surface area contributed by atoms with Gasteiger partial charge in [-0.15, -0.1) is 0 Å². The van der Waals surface area contributed by atoms with E-state index in [-0.39, 0.29) is 12.2 Å². The van der Waals surface area contributed by atoms with E-state index in [4.69, 9.17) is 0 Å². The molecule has 0 radical (unpaired) electrons. The van der Waals surface area contributed by atoms with Crippen LogP contribution in [0.5, 0.6) is 0 Å². The Morgan fingerprint density at radius 1 is 0.700 bits per heavy atom. The lowest BCUT2D eigenvalue weighted by atomic mass is 9.66. The molecule has 0 heterocycles. The molecule has 0 aromatic rings. The van der Waals surface area contributed by atoms with E-state index in [1.165, 1.54) is 51.4 Å². The molecule has 118 valence electrons. The molecule has 2 aliphatic rings. The number of aliphatic hydroxyl groups excluding tert-OH is 2. The second-order valence-electron chi connectivity index (χ2n) is 7.38. The predicted octanol–water partition coefficient (Wildman–Crippen LogP) is 4.14. The van der Waals surface area contributed by atoms with Gasteiger partial charge in [0.25, 0.3) is 0 Å². The third-order valence-electron chi connectivity index (χ3n) is 5.95. The minimum Gasteiger partial charge on any atom is -0.393 e. The molecule has 0 bridgehead atoms. The Bertz CT molecular complexity index is 251. The Morgan fingerprint density at radius 2 is 1.10 bits per heavy atom. The topological polar surface area (TPSA) is 40.5 Å². The summed E-state index contributed by atoms with van der Waals surface area (Å²) in [5.41, 5.74) is 0. The van der Waals surface area contributed by atoms with Crippen molar-refractivity contribution in [2.75, 3.05) is 0 Å². The molecule has 2 nitrogen and oxygen atoms in total. The Morgan fingerprint density at radius 3 is 1.45 bits per heavy atom. The van der Waals surface area contributed by atoms with E-state index >= 15 is 0 Å². The third kappa shape index (κ3) is 3.98. The Balaban J connectivity index is 1.90. The highest BCUT2D eigenvalue weighted by atomic mass is 16.3. The monoisotopic (exact) mass is 282 g/mol. The van der Waals surface area contributed by atoms with Crippen LogP contribution in [-0.4, -0.2) is 22.4 Å². The van der Waals surface area contributed by atoms with Crippen LogP contribution in [0.2, 0.25) is 0 Å². The molecule has 2 heteroatoms. The van der Waals surface area contributed by atoms with E-state index in [0.29, 0.717) is 11.8 Å². The SMILES string of the molecule is CCCC1CC(C2CCC(O)C(CCC)C2)CCC1O. The maximum absolute atomic E-state index is 10.2. The van der Waals surface area contributed by atoms with Crippen molar-refractivity contribution in [2.24, 2.45) is 23.7 Å². The highest BCUT2D eigenvalue weighted by Crippen LogP contribution is 2.43. The first-order chi connectivity index (χ1) is 9.65. The molecule has 0 aromatic heterocycles. The van der Waals surface area contributed by atoms with Gasteiger partial charge in [-0.3, -0.25) is 0 Å². The lowest BCUT2D eigenvalue weighted by Crippen LogP contribution is -2.37. The zero-order valence-electron chi connectivity index (χ0n) is 13.4. The van der Waals surface area contributed by atoms with E-state index in [1.54, 1.807) is 0 Å². The fourth-order valence-electron chi connectivity index (χ4n) is 4.79. The quantitative estimate of drug-likeness (QED) is 0.795. The molecule has 6 unspecified atom stereocenters. The van der Waals surface area contributed by atoms with Crippen LogP contribution in [0.3, 0.4) is 0 Å². The zero-order valence-corrected chi connectivity index (χ0v) is 13.4. The minimum atomic E-state index is -0.0492. The Hall–Kier alpha value is -0.0800. The number of hydrogen-bond donors (Lipinski definition) is 2. The zero-order chi connectivity index (χ0) is 14.5. The van der Waals surface area contributed by atoms with Gasteiger partial charge in [0.15, 0.2) is 0 Å². The highest BCUT2D eigenvalue weighted by Gasteiger charge is 2.37. The number of aliphatic hydroxyl groups is 2. The van der Waals surface area contributed by atoms with Crippen molar-refractivity contribution < 1.29 is 10.2 Å². The average Bonchev–Trinajstić information content (AvgIpc) is 2.44. The fraction of sp³-hybridized carbons (Fsp3) is 1.00. The van der Waals surface area contributed by atoms with Gasteiger partial charge in [0, 0.05) is 0 Å². The van der Waals surface area contributed by atoms with Gasteiger partial charge in [0.05, 0.1) is 12.2 Å². The van der Waals surface area contributed by atoms with Gasteiger partial charge < -0.3 is 10.2 Å². The summed E-state index contributed by atoms with van der Waals surface area (Å²) in [7, 11) is 0. The van der Waals surface area contributed by atoms with Crippen molar-refractivity contribution in [1.82, 2.24) is 0 Å². The van der Waals surface area contributed by atoms with Gasteiger partial charge in [0.2, 0.25) is 0 Å². The Kier molecular flexibility index (Phi) is 6.35. The van der Waals surface area contributed by atoms with Gasteiger partial charge in [-0.2, -0.15) is 0 Å². The third-order valence-corrected chi connectivity index (χ3v) is 5.95. The number of hydrogen-bond acceptors (Lipinski definition) is 2. The van der Waals surface area contributed by atoms with Gasteiger partial charge >= 0.3 is 0 Å². The first-order valence-corrected chi connectivity index (χ1v) is 9.01. The highest BCUT2D eigenvalue weighted by molar-refractivity contribution is 4.88. The van der Waals surface area contributed by atoms with Crippen LogP contribution >= 0.6 is 0 Å². The number of rotatable bonds is 5. The minimum absolute atomic E-state index is 0.0492. The summed E-state index contributed by atoms with van der Waals surface area (Å²) in [5, 5.41) is 20.3. The predicted molar refractivity (Wildman–Crippen MR) is 83.5 cm³/mol. The van der Waals surface area contributed by atoms with Crippen molar-refractivity contribution >= 4 is 0 Å². The summed E-state index contributed by atoms with van der Waals surface area (Å²) in [6, 6.07) is 0. The lowest BCUT2D eigenvalue weighted by molar-refractivity contribution is -0.00774.